The van der Waals surface area contributed by atoms with Crippen molar-refractivity contribution in [1.82, 2.24) is 0 Å². The van der Waals surface area contributed by atoms with Gasteiger partial charge in [-0.05, 0) is 39.0 Å². The van der Waals surface area contributed by atoms with Gasteiger partial charge in [0.15, 0.2) is 5.78 Å². The third kappa shape index (κ3) is 1.96. The Bertz CT molecular complexity index is 410. The molecule has 1 aliphatic rings. The van der Waals surface area contributed by atoms with Gasteiger partial charge in [0.05, 0.1) is 12.2 Å². The minimum atomic E-state index is -0.190. The number of rotatable bonds is 1. The zero-order valence-electron chi connectivity index (χ0n) is 9.26. The number of ketones is 1. The Morgan fingerprint density at radius 2 is 2.20 bits per heavy atom. The monoisotopic (exact) mass is 205 g/mol. The van der Waals surface area contributed by atoms with Crippen LogP contribution in [-0.2, 0) is 0 Å². The van der Waals surface area contributed by atoms with Gasteiger partial charge in [0.1, 0.15) is 11.4 Å². The molecule has 0 fully saturated rings. The fourth-order valence-corrected chi connectivity index (χ4v) is 1.62. The molecular weight excluding hydrogens is 190 g/mol. The largest absolute Gasteiger partial charge is 0.484 e. The lowest BCUT2D eigenvalue weighted by atomic mass is 10.1. The number of benzene rings is 1. The highest BCUT2D eigenvalue weighted by Crippen LogP contribution is 2.33. The van der Waals surface area contributed by atoms with Crippen molar-refractivity contribution >= 4 is 11.5 Å². The van der Waals surface area contributed by atoms with Crippen molar-refractivity contribution in [2.24, 2.45) is 0 Å². The maximum Gasteiger partial charge on any atom is 0.159 e. The first-order chi connectivity index (χ1) is 6.98. The lowest BCUT2D eigenvalue weighted by molar-refractivity contribution is 0.101. The summed E-state index contributed by atoms with van der Waals surface area (Å²) < 4.78 is 5.78. The Kier molecular flexibility index (Phi) is 2.18. The van der Waals surface area contributed by atoms with Gasteiger partial charge in [-0.15, -0.1) is 0 Å². The van der Waals surface area contributed by atoms with Crippen LogP contribution in [0.25, 0.3) is 0 Å². The predicted octanol–water partition coefficient (Wildman–Crippen LogP) is 2.47. The van der Waals surface area contributed by atoms with E-state index < -0.39 is 0 Å². The van der Waals surface area contributed by atoms with Gasteiger partial charge in [-0.25, -0.2) is 0 Å². The molecule has 2 rings (SSSR count). The van der Waals surface area contributed by atoms with Crippen LogP contribution in [0.15, 0.2) is 18.2 Å². The minimum absolute atomic E-state index is 0.0735. The molecule has 0 radical (unpaired) electrons. The van der Waals surface area contributed by atoms with Crippen LogP contribution >= 0.6 is 0 Å². The molecule has 0 spiro atoms. The summed E-state index contributed by atoms with van der Waals surface area (Å²) in [7, 11) is 0. The van der Waals surface area contributed by atoms with Crippen LogP contribution in [0, 0.1) is 0 Å². The fraction of sp³-hybridized carbons (Fsp3) is 0.417. The van der Waals surface area contributed by atoms with Crippen molar-refractivity contribution < 1.29 is 9.53 Å². The Morgan fingerprint density at radius 1 is 1.47 bits per heavy atom. The van der Waals surface area contributed by atoms with E-state index in [0.29, 0.717) is 5.56 Å². The van der Waals surface area contributed by atoms with E-state index in [1.807, 2.05) is 26.0 Å². The van der Waals surface area contributed by atoms with Crippen LogP contribution in [0.5, 0.6) is 5.75 Å². The highest BCUT2D eigenvalue weighted by atomic mass is 16.5. The quantitative estimate of drug-likeness (QED) is 0.716. The number of hydrogen-bond acceptors (Lipinski definition) is 3. The molecule has 80 valence electrons. The van der Waals surface area contributed by atoms with Crippen molar-refractivity contribution in [3.8, 4) is 5.75 Å². The van der Waals surface area contributed by atoms with Crippen LogP contribution in [-0.4, -0.2) is 17.9 Å². The molecule has 1 N–H and O–H groups in total. The van der Waals surface area contributed by atoms with Gasteiger partial charge in [0, 0.05) is 5.56 Å². The maximum absolute atomic E-state index is 11.2. The smallest absolute Gasteiger partial charge is 0.159 e. The number of Topliss-reactive ketones (excluding diaryl/α,β-unsaturated/α-hetero) is 1. The van der Waals surface area contributed by atoms with E-state index in [0.717, 1.165) is 18.0 Å². The molecule has 0 unspecified atom stereocenters. The van der Waals surface area contributed by atoms with Crippen LogP contribution in [0.1, 0.15) is 31.1 Å². The number of fused-ring (bicyclic) bond motifs is 1. The zero-order valence-corrected chi connectivity index (χ0v) is 9.26. The van der Waals surface area contributed by atoms with Gasteiger partial charge in [0.2, 0.25) is 0 Å². The van der Waals surface area contributed by atoms with Crippen molar-refractivity contribution in [3.63, 3.8) is 0 Å². The second-order valence-electron chi connectivity index (χ2n) is 4.48. The Hall–Kier alpha value is -1.51. The van der Waals surface area contributed by atoms with Crippen LogP contribution in [0.3, 0.4) is 0 Å². The summed E-state index contributed by atoms with van der Waals surface area (Å²) >= 11 is 0. The van der Waals surface area contributed by atoms with Gasteiger partial charge in [-0.3, -0.25) is 4.79 Å². The summed E-state index contributed by atoms with van der Waals surface area (Å²) in [6.07, 6.45) is 0. The fourth-order valence-electron chi connectivity index (χ4n) is 1.62. The lowest BCUT2D eigenvalue weighted by Crippen LogP contribution is -2.40. The average Bonchev–Trinajstić information content (AvgIpc) is 2.15. The molecular formula is C12H15NO2. The first kappa shape index (κ1) is 10.0. The number of anilines is 1. The van der Waals surface area contributed by atoms with E-state index in [4.69, 9.17) is 4.74 Å². The van der Waals surface area contributed by atoms with Crippen molar-refractivity contribution in [2.75, 3.05) is 11.9 Å². The summed E-state index contributed by atoms with van der Waals surface area (Å²) in [5.41, 5.74) is 1.43. The van der Waals surface area contributed by atoms with E-state index in [2.05, 4.69) is 5.32 Å². The minimum Gasteiger partial charge on any atom is -0.484 e. The number of hydrogen-bond donors (Lipinski definition) is 1. The van der Waals surface area contributed by atoms with Crippen molar-refractivity contribution in [3.05, 3.63) is 23.8 Å². The van der Waals surface area contributed by atoms with Crippen molar-refractivity contribution in [1.29, 1.82) is 0 Å². The molecule has 1 heterocycles. The summed E-state index contributed by atoms with van der Waals surface area (Å²) in [6.45, 7) is 6.38. The Balaban J connectivity index is 2.36. The van der Waals surface area contributed by atoms with E-state index in [1.54, 1.807) is 13.0 Å². The molecule has 0 aliphatic carbocycles. The zero-order chi connectivity index (χ0) is 11.1. The molecule has 0 amide bonds. The average molecular weight is 205 g/mol. The standard InChI is InChI=1S/C12H15NO2/c1-8(14)9-4-5-11-10(6-9)13-7-12(2,3)15-11/h4-6,13H,7H2,1-3H3. The lowest BCUT2D eigenvalue weighted by Gasteiger charge is -2.33. The second kappa shape index (κ2) is 3.26. The third-order valence-corrected chi connectivity index (χ3v) is 2.48. The van der Waals surface area contributed by atoms with Gasteiger partial charge in [-0.1, -0.05) is 0 Å². The summed E-state index contributed by atoms with van der Waals surface area (Å²) in [4.78, 5) is 11.2. The summed E-state index contributed by atoms with van der Waals surface area (Å²) in [5.74, 6) is 0.890. The predicted molar refractivity (Wildman–Crippen MR) is 59.6 cm³/mol. The molecule has 3 nitrogen and oxygen atoms in total. The molecule has 0 aromatic heterocycles. The van der Waals surface area contributed by atoms with E-state index in [-0.39, 0.29) is 11.4 Å². The normalized spacial score (nSPS) is 17.3. The summed E-state index contributed by atoms with van der Waals surface area (Å²) in [5, 5.41) is 3.27. The van der Waals surface area contributed by atoms with Gasteiger partial charge >= 0.3 is 0 Å². The molecule has 1 aliphatic heterocycles. The Labute approximate surface area is 89.4 Å². The van der Waals surface area contributed by atoms with E-state index >= 15 is 0 Å². The highest BCUT2D eigenvalue weighted by molar-refractivity contribution is 5.95. The molecule has 1 aromatic rings. The summed E-state index contributed by atoms with van der Waals surface area (Å²) in [6, 6.07) is 5.48. The highest BCUT2D eigenvalue weighted by Gasteiger charge is 2.26. The molecule has 0 saturated carbocycles. The molecule has 1 aromatic carbocycles. The van der Waals surface area contributed by atoms with Gasteiger partial charge in [-0.2, -0.15) is 0 Å². The number of carbonyl (C=O) groups is 1. The maximum atomic E-state index is 11.2. The van der Waals surface area contributed by atoms with Crippen molar-refractivity contribution in [2.45, 2.75) is 26.4 Å². The first-order valence-corrected chi connectivity index (χ1v) is 5.06. The second-order valence-corrected chi connectivity index (χ2v) is 4.48. The van der Waals surface area contributed by atoms with Crippen LogP contribution in [0.4, 0.5) is 5.69 Å². The SMILES string of the molecule is CC(=O)c1ccc2c(c1)NCC(C)(C)O2. The van der Waals surface area contributed by atoms with Gasteiger partial charge in [0.25, 0.3) is 0 Å². The molecule has 0 atom stereocenters. The van der Waals surface area contributed by atoms with E-state index in [9.17, 15) is 4.79 Å². The topological polar surface area (TPSA) is 38.3 Å². The number of carbonyl (C=O) groups excluding carboxylic acids is 1. The molecule has 0 saturated heterocycles. The van der Waals surface area contributed by atoms with Crippen LogP contribution < -0.4 is 10.1 Å². The van der Waals surface area contributed by atoms with E-state index in [1.165, 1.54) is 0 Å². The van der Waals surface area contributed by atoms with Crippen LogP contribution in [0.2, 0.25) is 0 Å². The molecule has 15 heavy (non-hydrogen) atoms. The number of nitrogens with one attached hydrogen (secondary N) is 1. The molecule has 3 heteroatoms. The molecule has 0 bridgehead atoms. The third-order valence-electron chi connectivity index (χ3n) is 2.48. The first-order valence-electron chi connectivity index (χ1n) is 5.06. The Morgan fingerprint density at radius 3 is 2.87 bits per heavy atom. The van der Waals surface area contributed by atoms with Gasteiger partial charge < -0.3 is 10.1 Å². The number of ether oxygens (including phenoxy) is 1.